The molecule has 0 saturated heterocycles. The Hall–Kier alpha value is -2.29. The molecule has 0 bridgehead atoms. The van der Waals surface area contributed by atoms with Crippen LogP contribution in [-0.4, -0.2) is 18.0 Å². The summed E-state index contributed by atoms with van der Waals surface area (Å²) < 4.78 is 5.17. The fourth-order valence-corrected chi connectivity index (χ4v) is 3.10. The molecule has 3 nitrogen and oxygen atoms in total. The van der Waals surface area contributed by atoms with Gasteiger partial charge >= 0.3 is 0 Å². The molecule has 0 aromatic heterocycles. The summed E-state index contributed by atoms with van der Waals surface area (Å²) in [5.74, 6) is 1.12. The summed E-state index contributed by atoms with van der Waals surface area (Å²) in [6.07, 6.45) is 1.22. The van der Waals surface area contributed by atoms with Crippen molar-refractivity contribution in [3.63, 3.8) is 0 Å². The number of aromatic hydroxyl groups is 1. The minimum Gasteiger partial charge on any atom is -0.507 e. The van der Waals surface area contributed by atoms with E-state index >= 15 is 0 Å². The van der Waals surface area contributed by atoms with Gasteiger partial charge in [0.25, 0.3) is 0 Å². The van der Waals surface area contributed by atoms with Crippen LogP contribution in [0.15, 0.2) is 36.4 Å². The third-order valence-corrected chi connectivity index (χ3v) is 4.11. The third-order valence-electron chi connectivity index (χ3n) is 4.11. The monoisotopic (exact) mass is 282 g/mol. The highest BCUT2D eigenvalue weighted by Crippen LogP contribution is 2.37. The number of Topliss-reactive ketones (excluding diaryl/α,β-unsaturated/α-hetero) is 1. The van der Waals surface area contributed by atoms with Gasteiger partial charge in [-0.1, -0.05) is 18.2 Å². The predicted molar refractivity (Wildman–Crippen MR) is 81.2 cm³/mol. The summed E-state index contributed by atoms with van der Waals surface area (Å²) in [4.78, 5) is 12.3. The van der Waals surface area contributed by atoms with Crippen LogP contribution in [0.4, 0.5) is 0 Å². The number of ether oxygens (including phenoxy) is 1. The molecule has 21 heavy (non-hydrogen) atoms. The maximum Gasteiger partial charge on any atom is 0.167 e. The normalized spacial score (nSPS) is 17.4. The van der Waals surface area contributed by atoms with Gasteiger partial charge in [0.1, 0.15) is 11.5 Å². The van der Waals surface area contributed by atoms with Gasteiger partial charge in [-0.2, -0.15) is 0 Å². The molecule has 0 aliphatic heterocycles. The Morgan fingerprint density at radius 2 is 1.86 bits per heavy atom. The number of methoxy groups -OCH3 is 1. The van der Waals surface area contributed by atoms with E-state index in [1.165, 1.54) is 0 Å². The van der Waals surface area contributed by atoms with E-state index in [1.54, 1.807) is 13.2 Å². The van der Waals surface area contributed by atoms with E-state index in [4.69, 9.17) is 4.74 Å². The van der Waals surface area contributed by atoms with Crippen molar-refractivity contribution in [3.8, 4) is 11.5 Å². The average Bonchev–Trinajstić information content (AvgIpc) is 2.46. The zero-order chi connectivity index (χ0) is 15.0. The first-order chi connectivity index (χ1) is 10.1. The topological polar surface area (TPSA) is 46.5 Å². The second-order valence-corrected chi connectivity index (χ2v) is 5.62. The van der Waals surface area contributed by atoms with Crippen LogP contribution in [-0.2, 0) is 6.42 Å². The van der Waals surface area contributed by atoms with Crippen LogP contribution < -0.4 is 4.74 Å². The van der Waals surface area contributed by atoms with Crippen LogP contribution in [0.2, 0.25) is 0 Å². The van der Waals surface area contributed by atoms with Gasteiger partial charge < -0.3 is 9.84 Å². The summed E-state index contributed by atoms with van der Waals surface area (Å²) in [6, 6.07) is 11.5. The highest BCUT2D eigenvalue weighted by Gasteiger charge is 2.28. The van der Waals surface area contributed by atoms with E-state index in [-0.39, 0.29) is 17.5 Å². The molecule has 3 heteroatoms. The average molecular weight is 282 g/mol. The summed E-state index contributed by atoms with van der Waals surface area (Å²) in [5, 5.41) is 10.00. The number of benzene rings is 2. The van der Waals surface area contributed by atoms with Gasteiger partial charge in [0.15, 0.2) is 5.78 Å². The Balaban J connectivity index is 1.95. The SMILES string of the molecule is COc1ccc(C2CC(=O)c3c(O)cc(C)cc3C2)cc1. The fraction of sp³-hybridized carbons (Fsp3) is 0.278. The summed E-state index contributed by atoms with van der Waals surface area (Å²) in [5.41, 5.74) is 3.57. The molecular formula is C18H18O3. The van der Waals surface area contributed by atoms with Crippen molar-refractivity contribution < 1.29 is 14.6 Å². The van der Waals surface area contributed by atoms with Crippen LogP contribution in [0, 0.1) is 6.92 Å². The lowest BCUT2D eigenvalue weighted by Crippen LogP contribution is -2.19. The van der Waals surface area contributed by atoms with Crippen molar-refractivity contribution in [2.24, 2.45) is 0 Å². The summed E-state index contributed by atoms with van der Waals surface area (Å²) in [6.45, 7) is 1.93. The number of hydrogen-bond acceptors (Lipinski definition) is 3. The first-order valence-corrected chi connectivity index (χ1v) is 7.08. The maximum atomic E-state index is 12.3. The van der Waals surface area contributed by atoms with Crippen LogP contribution in [0.1, 0.15) is 39.4 Å². The number of carbonyl (C=O) groups is 1. The minimum atomic E-state index is 0.0227. The van der Waals surface area contributed by atoms with Gasteiger partial charge in [-0.05, 0) is 54.2 Å². The summed E-state index contributed by atoms with van der Waals surface area (Å²) in [7, 11) is 1.64. The standard InChI is InChI=1S/C18H18O3/c1-11-7-14-9-13(10-17(20)18(14)16(19)8-11)12-3-5-15(21-2)6-4-12/h3-8,13,19H,9-10H2,1-2H3. The van der Waals surface area contributed by atoms with Crippen molar-refractivity contribution in [1.82, 2.24) is 0 Å². The zero-order valence-corrected chi connectivity index (χ0v) is 12.2. The second-order valence-electron chi connectivity index (χ2n) is 5.62. The molecule has 2 aromatic carbocycles. The van der Waals surface area contributed by atoms with Crippen molar-refractivity contribution in [1.29, 1.82) is 0 Å². The van der Waals surface area contributed by atoms with Crippen molar-refractivity contribution >= 4 is 5.78 Å². The van der Waals surface area contributed by atoms with Gasteiger partial charge in [0.2, 0.25) is 0 Å². The van der Waals surface area contributed by atoms with E-state index in [2.05, 4.69) is 0 Å². The number of aryl methyl sites for hydroxylation is 1. The molecule has 108 valence electrons. The number of phenols is 1. The van der Waals surface area contributed by atoms with Gasteiger partial charge in [-0.3, -0.25) is 4.79 Å². The number of ketones is 1. The Morgan fingerprint density at radius 3 is 2.52 bits per heavy atom. The lowest BCUT2D eigenvalue weighted by Gasteiger charge is -2.25. The molecule has 0 saturated carbocycles. The number of fused-ring (bicyclic) bond motifs is 1. The summed E-state index contributed by atoms with van der Waals surface area (Å²) >= 11 is 0. The molecule has 0 heterocycles. The lowest BCUT2D eigenvalue weighted by molar-refractivity contribution is 0.0961. The Labute approximate surface area is 124 Å². The molecule has 2 aromatic rings. The first kappa shape index (κ1) is 13.7. The molecule has 1 N–H and O–H groups in total. The van der Waals surface area contributed by atoms with Gasteiger partial charge in [-0.15, -0.1) is 0 Å². The van der Waals surface area contributed by atoms with Crippen LogP contribution in [0.3, 0.4) is 0 Å². The molecule has 1 aliphatic carbocycles. The molecule has 3 rings (SSSR count). The smallest absolute Gasteiger partial charge is 0.167 e. The first-order valence-electron chi connectivity index (χ1n) is 7.08. The van der Waals surface area contributed by atoms with Crippen molar-refractivity contribution in [3.05, 3.63) is 58.7 Å². The Bertz CT molecular complexity index is 686. The molecule has 1 unspecified atom stereocenters. The fourth-order valence-electron chi connectivity index (χ4n) is 3.10. The minimum absolute atomic E-state index is 0.0227. The lowest BCUT2D eigenvalue weighted by atomic mass is 9.78. The largest absolute Gasteiger partial charge is 0.507 e. The number of phenolic OH excluding ortho intramolecular Hbond substituents is 1. The van der Waals surface area contributed by atoms with E-state index in [9.17, 15) is 9.90 Å². The molecular weight excluding hydrogens is 264 g/mol. The van der Waals surface area contributed by atoms with E-state index in [0.29, 0.717) is 12.0 Å². The Morgan fingerprint density at radius 1 is 1.14 bits per heavy atom. The highest BCUT2D eigenvalue weighted by molar-refractivity contribution is 6.01. The molecule has 0 radical (unpaired) electrons. The third kappa shape index (κ3) is 2.51. The van der Waals surface area contributed by atoms with Gasteiger partial charge in [-0.25, -0.2) is 0 Å². The van der Waals surface area contributed by atoms with Gasteiger partial charge in [0.05, 0.1) is 12.7 Å². The zero-order valence-electron chi connectivity index (χ0n) is 12.2. The van der Waals surface area contributed by atoms with E-state index in [0.717, 1.165) is 28.9 Å². The number of carbonyl (C=O) groups excluding carboxylic acids is 1. The van der Waals surface area contributed by atoms with Crippen molar-refractivity contribution in [2.45, 2.75) is 25.7 Å². The second kappa shape index (κ2) is 5.24. The number of hydrogen-bond donors (Lipinski definition) is 1. The quantitative estimate of drug-likeness (QED) is 0.915. The van der Waals surface area contributed by atoms with Crippen LogP contribution in [0.5, 0.6) is 11.5 Å². The van der Waals surface area contributed by atoms with Crippen LogP contribution in [0.25, 0.3) is 0 Å². The van der Waals surface area contributed by atoms with Crippen molar-refractivity contribution in [2.75, 3.05) is 7.11 Å². The van der Waals surface area contributed by atoms with Crippen LogP contribution >= 0.6 is 0 Å². The molecule has 1 aliphatic rings. The Kier molecular flexibility index (Phi) is 3.42. The van der Waals surface area contributed by atoms with E-state index < -0.39 is 0 Å². The number of rotatable bonds is 2. The van der Waals surface area contributed by atoms with Gasteiger partial charge in [0, 0.05) is 6.42 Å². The molecule has 0 amide bonds. The molecule has 0 fully saturated rings. The molecule has 0 spiro atoms. The highest BCUT2D eigenvalue weighted by atomic mass is 16.5. The molecule has 1 atom stereocenters. The maximum absolute atomic E-state index is 12.3. The predicted octanol–water partition coefficient (Wildman–Crippen LogP) is 3.62. The van der Waals surface area contributed by atoms with E-state index in [1.807, 2.05) is 37.3 Å².